The fourth-order valence-corrected chi connectivity index (χ4v) is 5.45. The summed E-state index contributed by atoms with van der Waals surface area (Å²) in [4.78, 5) is 29.1. The SMILES string of the molecule is CCCCNC(=O)[C@@H](Cc1ccccc1)N(Cc1ccccc1Cl)C(=O)CN(c1ccc(F)cc1)S(=O)(=O)N(C)C. The first kappa shape index (κ1) is 32.0. The number of carbonyl (C=O) groups is 2. The fraction of sp³-hybridized carbons (Fsp3) is 0.333. The first-order chi connectivity index (χ1) is 19.5. The summed E-state index contributed by atoms with van der Waals surface area (Å²) in [6, 6.07) is 20.1. The highest BCUT2D eigenvalue weighted by molar-refractivity contribution is 7.90. The summed E-state index contributed by atoms with van der Waals surface area (Å²) in [7, 11) is -1.48. The Kier molecular flexibility index (Phi) is 11.7. The number of hydrogen-bond donors (Lipinski definition) is 1. The average Bonchev–Trinajstić information content (AvgIpc) is 2.95. The van der Waals surface area contributed by atoms with Crippen LogP contribution in [0.15, 0.2) is 78.9 Å². The Labute approximate surface area is 246 Å². The molecule has 0 radical (unpaired) electrons. The molecule has 0 spiro atoms. The van der Waals surface area contributed by atoms with Gasteiger partial charge < -0.3 is 10.2 Å². The maximum absolute atomic E-state index is 14.1. The molecule has 0 unspecified atom stereocenters. The maximum atomic E-state index is 14.1. The lowest BCUT2D eigenvalue weighted by molar-refractivity contribution is -0.140. The molecule has 11 heteroatoms. The molecule has 3 aromatic carbocycles. The van der Waals surface area contributed by atoms with E-state index >= 15 is 0 Å². The van der Waals surface area contributed by atoms with Crippen LogP contribution in [0.2, 0.25) is 5.02 Å². The molecule has 0 aliphatic rings. The molecule has 0 saturated heterocycles. The maximum Gasteiger partial charge on any atom is 0.304 e. The Morgan fingerprint density at radius 1 is 0.951 bits per heavy atom. The standard InChI is InChI=1S/C30H36ClFN4O4S/c1-4-5-19-33-30(38)28(20-23-11-7-6-8-12-23)35(21-24-13-9-10-14-27(24)31)29(37)22-36(41(39,40)34(2)3)26-17-15-25(32)16-18-26/h6-18,28H,4-5,19-22H2,1-3H3,(H,33,38)/t28-/m1/s1. The van der Waals surface area contributed by atoms with Gasteiger partial charge in [0.2, 0.25) is 11.8 Å². The van der Waals surface area contributed by atoms with E-state index in [2.05, 4.69) is 5.32 Å². The van der Waals surface area contributed by atoms with Crippen molar-refractivity contribution in [3.8, 4) is 0 Å². The summed E-state index contributed by atoms with van der Waals surface area (Å²) >= 11 is 6.46. The number of nitrogens with one attached hydrogen (secondary N) is 1. The van der Waals surface area contributed by atoms with Crippen LogP contribution in [-0.4, -0.2) is 62.7 Å². The van der Waals surface area contributed by atoms with Gasteiger partial charge in [0, 0.05) is 38.6 Å². The Bertz CT molecular complexity index is 1410. The third kappa shape index (κ3) is 8.76. The number of carbonyl (C=O) groups excluding carboxylic acids is 2. The van der Waals surface area contributed by atoms with Crippen LogP contribution in [0.4, 0.5) is 10.1 Å². The zero-order valence-electron chi connectivity index (χ0n) is 23.5. The zero-order valence-corrected chi connectivity index (χ0v) is 25.0. The van der Waals surface area contributed by atoms with Crippen LogP contribution in [0.1, 0.15) is 30.9 Å². The third-order valence-electron chi connectivity index (χ3n) is 6.53. The zero-order chi connectivity index (χ0) is 30.0. The van der Waals surface area contributed by atoms with E-state index in [0.717, 1.165) is 39.1 Å². The molecule has 0 heterocycles. The van der Waals surface area contributed by atoms with Crippen molar-refractivity contribution < 1.29 is 22.4 Å². The number of hydrogen-bond acceptors (Lipinski definition) is 4. The van der Waals surface area contributed by atoms with Crippen molar-refractivity contribution in [2.45, 2.75) is 38.8 Å². The summed E-state index contributed by atoms with van der Waals surface area (Å²) in [5.41, 5.74) is 1.54. The van der Waals surface area contributed by atoms with Crippen LogP contribution in [0.25, 0.3) is 0 Å². The van der Waals surface area contributed by atoms with Gasteiger partial charge in [0.25, 0.3) is 0 Å². The molecule has 220 valence electrons. The van der Waals surface area contributed by atoms with E-state index in [9.17, 15) is 22.4 Å². The van der Waals surface area contributed by atoms with E-state index in [-0.39, 0.29) is 24.6 Å². The van der Waals surface area contributed by atoms with E-state index in [1.807, 2.05) is 37.3 Å². The van der Waals surface area contributed by atoms with E-state index in [1.54, 1.807) is 24.3 Å². The quantitative estimate of drug-likeness (QED) is 0.272. The normalized spacial score (nSPS) is 12.1. The van der Waals surface area contributed by atoms with E-state index in [0.29, 0.717) is 17.1 Å². The van der Waals surface area contributed by atoms with Crippen LogP contribution in [0, 0.1) is 5.82 Å². The second-order valence-corrected chi connectivity index (χ2v) is 12.2. The van der Waals surface area contributed by atoms with Crippen molar-refractivity contribution in [3.63, 3.8) is 0 Å². The minimum atomic E-state index is -4.17. The Morgan fingerprint density at radius 3 is 2.20 bits per heavy atom. The van der Waals surface area contributed by atoms with Crippen molar-refractivity contribution in [1.82, 2.24) is 14.5 Å². The number of halogens is 2. The van der Waals surface area contributed by atoms with Gasteiger partial charge in [-0.05, 0) is 47.9 Å². The van der Waals surface area contributed by atoms with E-state index in [4.69, 9.17) is 11.6 Å². The first-order valence-corrected chi connectivity index (χ1v) is 15.1. The lowest BCUT2D eigenvalue weighted by Crippen LogP contribution is -2.54. The molecule has 8 nitrogen and oxygen atoms in total. The summed E-state index contributed by atoms with van der Waals surface area (Å²) in [5.74, 6) is -1.52. The third-order valence-corrected chi connectivity index (χ3v) is 8.72. The Morgan fingerprint density at radius 2 is 1.59 bits per heavy atom. The van der Waals surface area contributed by atoms with Crippen LogP contribution in [0.5, 0.6) is 0 Å². The van der Waals surface area contributed by atoms with Crippen molar-refractivity contribution in [2.75, 3.05) is 31.5 Å². The van der Waals surface area contributed by atoms with Crippen LogP contribution in [0.3, 0.4) is 0 Å². The highest BCUT2D eigenvalue weighted by Crippen LogP contribution is 2.24. The average molecular weight is 603 g/mol. The molecular weight excluding hydrogens is 567 g/mol. The number of nitrogens with zero attached hydrogens (tertiary/aromatic N) is 3. The first-order valence-electron chi connectivity index (χ1n) is 13.3. The van der Waals surface area contributed by atoms with Crippen molar-refractivity contribution in [2.24, 2.45) is 0 Å². The molecule has 0 bridgehead atoms. The lowest BCUT2D eigenvalue weighted by atomic mass is 10.0. The van der Waals surface area contributed by atoms with Gasteiger partial charge in [0.05, 0.1) is 5.69 Å². The smallest absolute Gasteiger partial charge is 0.304 e. The lowest BCUT2D eigenvalue weighted by Gasteiger charge is -2.34. The van der Waals surface area contributed by atoms with Gasteiger partial charge in [0.1, 0.15) is 18.4 Å². The van der Waals surface area contributed by atoms with Gasteiger partial charge in [0.15, 0.2) is 0 Å². The number of unbranched alkanes of at least 4 members (excludes halogenated alkanes) is 1. The summed E-state index contributed by atoms with van der Waals surface area (Å²) in [6.07, 6.45) is 1.84. The number of anilines is 1. The van der Waals surface area contributed by atoms with Gasteiger partial charge in [-0.3, -0.25) is 9.59 Å². The van der Waals surface area contributed by atoms with Crippen LogP contribution >= 0.6 is 11.6 Å². The second-order valence-electron chi connectivity index (χ2n) is 9.74. The number of rotatable bonds is 14. The molecule has 41 heavy (non-hydrogen) atoms. The predicted molar refractivity (Wildman–Crippen MR) is 160 cm³/mol. The molecular formula is C30H36ClFN4O4S. The molecule has 0 aliphatic heterocycles. The molecule has 3 rings (SSSR count). The summed E-state index contributed by atoms with van der Waals surface area (Å²) in [6.45, 7) is 1.79. The molecule has 0 fully saturated rings. The van der Waals surface area contributed by atoms with Gasteiger partial charge in [-0.15, -0.1) is 0 Å². The molecule has 1 atom stereocenters. The molecule has 1 N–H and O–H groups in total. The van der Waals surface area contributed by atoms with Gasteiger partial charge in [-0.2, -0.15) is 12.7 Å². The van der Waals surface area contributed by atoms with Gasteiger partial charge >= 0.3 is 10.2 Å². The van der Waals surface area contributed by atoms with E-state index in [1.165, 1.54) is 31.1 Å². The monoisotopic (exact) mass is 602 g/mol. The molecule has 0 aliphatic carbocycles. The van der Waals surface area contributed by atoms with Crippen LogP contribution < -0.4 is 9.62 Å². The minimum Gasteiger partial charge on any atom is -0.354 e. The van der Waals surface area contributed by atoms with Crippen LogP contribution in [-0.2, 0) is 32.8 Å². The summed E-state index contributed by atoms with van der Waals surface area (Å²) < 4.78 is 42.3. The fourth-order valence-electron chi connectivity index (χ4n) is 4.19. The van der Waals surface area contributed by atoms with E-state index < -0.39 is 34.5 Å². The minimum absolute atomic E-state index is 0.0313. The van der Waals surface area contributed by atoms with Crippen molar-refractivity contribution in [1.29, 1.82) is 0 Å². The van der Waals surface area contributed by atoms with Crippen molar-refractivity contribution >= 4 is 39.3 Å². The Balaban J connectivity index is 2.08. The highest BCUT2D eigenvalue weighted by atomic mass is 35.5. The molecule has 0 aromatic heterocycles. The Hall–Kier alpha value is -3.47. The molecule has 0 saturated carbocycles. The molecule has 3 aromatic rings. The van der Waals surface area contributed by atoms with Gasteiger partial charge in [-0.25, -0.2) is 8.70 Å². The second kappa shape index (κ2) is 15.0. The molecule has 2 amide bonds. The summed E-state index contributed by atoms with van der Waals surface area (Å²) in [5, 5.41) is 3.34. The number of amides is 2. The number of benzene rings is 3. The highest BCUT2D eigenvalue weighted by Gasteiger charge is 2.34. The topological polar surface area (TPSA) is 90.0 Å². The van der Waals surface area contributed by atoms with Crippen molar-refractivity contribution in [3.05, 3.63) is 101 Å². The predicted octanol–water partition coefficient (Wildman–Crippen LogP) is 4.65. The van der Waals surface area contributed by atoms with Gasteiger partial charge in [-0.1, -0.05) is 73.5 Å². The largest absolute Gasteiger partial charge is 0.354 e.